The highest BCUT2D eigenvalue weighted by atomic mass is 32.2. The van der Waals surface area contributed by atoms with Crippen molar-refractivity contribution in [1.82, 2.24) is 9.97 Å². The highest BCUT2D eigenvalue weighted by molar-refractivity contribution is 7.99. The Morgan fingerprint density at radius 2 is 2.29 bits per heavy atom. The van der Waals surface area contributed by atoms with E-state index in [-0.39, 0.29) is 0 Å². The second-order valence-electron chi connectivity index (χ2n) is 4.41. The smallest absolute Gasteiger partial charge is 0.135 e. The Balaban J connectivity index is 2.15. The predicted octanol–water partition coefficient (Wildman–Crippen LogP) is 2.24. The summed E-state index contributed by atoms with van der Waals surface area (Å²) in [6, 6.07) is 0.520. The van der Waals surface area contributed by atoms with E-state index in [1.165, 1.54) is 18.6 Å². The van der Waals surface area contributed by atoms with Crippen LogP contribution < -0.4 is 11.1 Å². The molecule has 1 aliphatic rings. The first kappa shape index (κ1) is 12.5. The third-order valence-corrected chi connectivity index (χ3v) is 4.26. The molecule has 2 rings (SSSR count). The summed E-state index contributed by atoms with van der Waals surface area (Å²) in [6.07, 6.45) is 3.32. The molecule has 2 heterocycles. The third-order valence-electron chi connectivity index (χ3n) is 3.05. The zero-order valence-electron chi connectivity index (χ0n) is 10.5. The van der Waals surface area contributed by atoms with Crippen molar-refractivity contribution in [3.8, 4) is 0 Å². The summed E-state index contributed by atoms with van der Waals surface area (Å²) in [4.78, 5) is 8.80. The van der Waals surface area contributed by atoms with Crippen molar-refractivity contribution in [3.05, 3.63) is 11.4 Å². The van der Waals surface area contributed by atoms with Gasteiger partial charge in [-0.2, -0.15) is 11.8 Å². The van der Waals surface area contributed by atoms with Gasteiger partial charge in [-0.05, 0) is 25.5 Å². The summed E-state index contributed by atoms with van der Waals surface area (Å²) in [5, 5.41) is 3.51. The molecule has 0 aromatic carbocycles. The molecule has 0 radical (unpaired) electrons. The van der Waals surface area contributed by atoms with E-state index in [4.69, 9.17) is 5.73 Å². The van der Waals surface area contributed by atoms with E-state index in [2.05, 4.69) is 15.3 Å². The maximum Gasteiger partial charge on any atom is 0.135 e. The Hall–Kier alpha value is -0.970. The molecule has 3 N–H and O–H groups in total. The first-order valence-electron chi connectivity index (χ1n) is 6.18. The van der Waals surface area contributed by atoms with Gasteiger partial charge in [0.05, 0.1) is 0 Å². The molecule has 5 heteroatoms. The SMILES string of the molecule is CCc1nc(N)c(C)c(NC2CCCSC2)n1. The van der Waals surface area contributed by atoms with Gasteiger partial charge in [-0.3, -0.25) is 0 Å². The Morgan fingerprint density at radius 1 is 1.47 bits per heavy atom. The van der Waals surface area contributed by atoms with Crippen LogP contribution in [0.25, 0.3) is 0 Å². The summed E-state index contributed by atoms with van der Waals surface area (Å²) in [5.41, 5.74) is 6.88. The zero-order valence-corrected chi connectivity index (χ0v) is 11.3. The summed E-state index contributed by atoms with van der Waals surface area (Å²) >= 11 is 2.01. The van der Waals surface area contributed by atoms with E-state index in [1.807, 2.05) is 25.6 Å². The van der Waals surface area contributed by atoms with E-state index in [0.29, 0.717) is 11.9 Å². The lowest BCUT2D eigenvalue weighted by molar-refractivity contribution is 0.680. The quantitative estimate of drug-likeness (QED) is 0.863. The van der Waals surface area contributed by atoms with Crippen molar-refractivity contribution in [2.45, 2.75) is 39.2 Å². The van der Waals surface area contributed by atoms with Gasteiger partial charge in [0.2, 0.25) is 0 Å². The van der Waals surface area contributed by atoms with Crippen LogP contribution in [-0.2, 0) is 6.42 Å². The van der Waals surface area contributed by atoms with E-state index in [1.54, 1.807) is 0 Å². The minimum Gasteiger partial charge on any atom is -0.383 e. The fourth-order valence-corrected chi connectivity index (χ4v) is 3.00. The van der Waals surface area contributed by atoms with Crippen molar-refractivity contribution in [1.29, 1.82) is 0 Å². The van der Waals surface area contributed by atoms with Crippen molar-refractivity contribution < 1.29 is 0 Å². The Kier molecular flexibility index (Phi) is 4.10. The van der Waals surface area contributed by atoms with Crippen LogP contribution in [0.5, 0.6) is 0 Å². The normalized spacial score (nSPS) is 20.2. The van der Waals surface area contributed by atoms with Gasteiger partial charge in [-0.15, -0.1) is 0 Å². The van der Waals surface area contributed by atoms with E-state index >= 15 is 0 Å². The minimum absolute atomic E-state index is 0.520. The lowest BCUT2D eigenvalue weighted by Gasteiger charge is -2.24. The molecular weight excluding hydrogens is 232 g/mol. The molecule has 17 heavy (non-hydrogen) atoms. The average Bonchev–Trinajstić information content (AvgIpc) is 2.36. The molecule has 1 fully saturated rings. The number of nitrogens with one attached hydrogen (secondary N) is 1. The molecule has 1 aromatic rings. The average molecular weight is 252 g/mol. The highest BCUT2D eigenvalue weighted by Crippen LogP contribution is 2.23. The molecule has 0 saturated carbocycles. The van der Waals surface area contributed by atoms with Crippen LogP contribution in [0.2, 0.25) is 0 Å². The molecule has 0 amide bonds. The lowest BCUT2D eigenvalue weighted by atomic mass is 10.2. The number of nitrogen functional groups attached to an aromatic ring is 1. The number of nitrogens with two attached hydrogens (primary N) is 1. The second kappa shape index (κ2) is 5.58. The topological polar surface area (TPSA) is 63.8 Å². The van der Waals surface area contributed by atoms with Crippen molar-refractivity contribution in [2.24, 2.45) is 0 Å². The monoisotopic (exact) mass is 252 g/mol. The fourth-order valence-electron chi connectivity index (χ4n) is 1.93. The van der Waals surface area contributed by atoms with Gasteiger partial charge in [0.15, 0.2) is 0 Å². The predicted molar refractivity (Wildman–Crippen MR) is 74.5 cm³/mol. The van der Waals surface area contributed by atoms with E-state index in [9.17, 15) is 0 Å². The summed E-state index contributed by atoms with van der Waals surface area (Å²) in [6.45, 7) is 4.03. The van der Waals surface area contributed by atoms with Crippen molar-refractivity contribution in [2.75, 3.05) is 22.6 Å². The number of aryl methyl sites for hydroxylation is 1. The summed E-state index contributed by atoms with van der Waals surface area (Å²) < 4.78 is 0. The molecule has 1 atom stereocenters. The summed E-state index contributed by atoms with van der Waals surface area (Å²) in [7, 11) is 0. The molecule has 94 valence electrons. The maximum atomic E-state index is 5.91. The highest BCUT2D eigenvalue weighted by Gasteiger charge is 2.16. The molecule has 1 unspecified atom stereocenters. The van der Waals surface area contributed by atoms with Gasteiger partial charge in [-0.25, -0.2) is 9.97 Å². The van der Waals surface area contributed by atoms with Gasteiger partial charge in [0.25, 0.3) is 0 Å². The molecule has 1 saturated heterocycles. The van der Waals surface area contributed by atoms with Crippen molar-refractivity contribution in [3.63, 3.8) is 0 Å². The largest absolute Gasteiger partial charge is 0.383 e. The Labute approximate surface area is 107 Å². The third kappa shape index (κ3) is 3.03. The molecule has 0 aliphatic carbocycles. The zero-order chi connectivity index (χ0) is 12.3. The number of rotatable bonds is 3. The molecule has 0 spiro atoms. The van der Waals surface area contributed by atoms with Crippen molar-refractivity contribution >= 4 is 23.4 Å². The summed E-state index contributed by atoms with van der Waals surface area (Å²) in [5.74, 6) is 4.78. The number of anilines is 2. The van der Waals surface area contributed by atoms with Crippen LogP contribution in [0.15, 0.2) is 0 Å². The Bertz CT molecular complexity index is 388. The molecule has 0 bridgehead atoms. The van der Waals surface area contributed by atoms with Gasteiger partial charge < -0.3 is 11.1 Å². The van der Waals surface area contributed by atoms with E-state index < -0.39 is 0 Å². The maximum absolute atomic E-state index is 5.91. The van der Waals surface area contributed by atoms with Gasteiger partial charge in [-0.1, -0.05) is 6.92 Å². The van der Waals surface area contributed by atoms with Crippen LogP contribution in [0, 0.1) is 6.92 Å². The molecule has 1 aromatic heterocycles. The van der Waals surface area contributed by atoms with Crippen LogP contribution in [-0.4, -0.2) is 27.5 Å². The first-order chi connectivity index (χ1) is 8.20. The van der Waals surface area contributed by atoms with Crippen LogP contribution in [0.3, 0.4) is 0 Å². The van der Waals surface area contributed by atoms with Crippen LogP contribution in [0.4, 0.5) is 11.6 Å². The Morgan fingerprint density at radius 3 is 2.94 bits per heavy atom. The first-order valence-corrected chi connectivity index (χ1v) is 7.33. The minimum atomic E-state index is 0.520. The molecular formula is C12H20N4S. The number of aromatic nitrogens is 2. The number of hydrogen-bond donors (Lipinski definition) is 2. The number of thioether (sulfide) groups is 1. The van der Waals surface area contributed by atoms with Gasteiger partial charge >= 0.3 is 0 Å². The number of hydrogen-bond acceptors (Lipinski definition) is 5. The molecule has 4 nitrogen and oxygen atoms in total. The van der Waals surface area contributed by atoms with Gasteiger partial charge in [0, 0.05) is 23.8 Å². The second-order valence-corrected chi connectivity index (χ2v) is 5.56. The molecule has 1 aliphatic heterocycles. The van der Waals surface area contributed by atoms with E-state index in [0.717, 1.165) is 29.4 Å². The fraction of sp³-hybridized carbons (Fsp3) is 0.667. The number of nitrogens with zero attached hydrogens (tertiary/aromatic N) is 2. The van der Waals surface area contributed by atoms with Gasteiger partial charge in [0.1, 0.15) is 17.5 Å². The van der Waals surface area contributed by atoms with Crippen LogP contribution >= 0.6 is 11.8 Å². The standard InChI is InChI=1S/C12H20N4S/c1-3-10-15-11(13)8(2)12(16-10)14-9-5-4-6-17-7-9/h9H,3-7H2,1-2H3,(H3,13,14,15,16). The lowest BCUT2D eigenvalue weighted by Crippen LogP contribution is -2.27. The van der Waals surface area contributed by atoms with Crippen LogP contribution in [0.1, 0.15) is 31.2 Å².